The Hall–Kier alpha value is -0.820. The number of benzene rings is 1. The first-order valence-corrected chi connectivity index (χ1v) is 4.55. The molecule has 0 heterocycles. The Morgan fingerprint density at radius 1 is 1.33 bits per heavy atom. The lowest BCUT2D eigenvalue weighted by Crippen LogP contribution is -2.17. The van der Waals surface area contributed by atoms with Crippen LogP contribution in [0.5, 0.6) is 0 Å². The van der Waals surface area contributed by atoms with Crippen LogP contribution in [0.15, 0.2) is 24.3 Å². The van der Waals surface area contributed by atoms with Crippen molar-refractivity contribution in [1.29, 1.82) is 0 Å². The van der Waals surface area contributed by atoms with Gasteiger partial charge in [-0.2, -0.15) is 0 Å². The molecule has 12 heavy (non-hydrogen) atoms. The van der Waals surface area contributed by atoms with Crippen LogP contribution in [0.25, 0.3) is 0 Å². The van der Waals surface area contributed by atoms with E-state index in [4.69, 9.17) is 0 Å². The minimum atomic E-state index is -0.241. The van der Waals surface area contributed by atoms with Gasteiger partial charge in [0.2, 0.25) is 0 Å². The van der Waals surface area contributed by atoms with Crippen LogP contribution in [0.1, 0.15) is 30.6 Å². The normalized spacial score (nSPS) is 28.2. The fraction of sp³-hybridized carbons (Fsp3) is 0.455. The number of aliphatic hydroxyl groups excluding tert-OH is 1. The van der Waals surface area contributed by atoms with Gasteiger partial charge >= 0.3 is 0 Å². The van der Waals surface area contributed by atoms with Crippen molar-refractivity contribution in [2.75, 3.05) is 0 Å². The molecule has 0 bridgehead atoms. The van der Waals surface area contributed by atoms with E-state index in [1.807, 2.05) is 18.2 Å². The fourth-order valence-corrected chi connectivity index (χ4v) is 1.90. The van der Waals surface area contributed by atoms with Gasteiger partial charge in [0.15, 0.2) is 0 Å². The van der Waals surface area contributed by atoms with Crippen LogP contribution in [0.4, 0.5) is 0 Å². The molecule has 1 aliphatic carbocycles. The van der Waals surface area contributed by atoms with E-state index in [0.29, 0.717) is 5.92 Å². The summed E-state index contributed by atoms with van der Waals surface area (Å²) in [6.07, 6.45) is 1.99. The fourth-order valence-electron chi connectivity index (χ4n) is 1.90. The maximum Gasteiger partial charge on any atom is 0.0818 e. The average molecular weight is 162 g/mol. The van der Waals surface area contributed by atoms with E-state index in [-0.39, 0.29) is 6.10 Å². The Kier molecular flexibility index (Phi) is 1.89. The Bertz CT molecular complexity index is 280. The molecule has 1 N–H and O–H groups in total. The lowest BCUT2D eigenvalue weighted by molar-refractivity contribution is 0.104. The van der Waals surface area contributed by atoms with Crippen molar-refractivity contribution in [2.24, 2.45) is 5.92 Å². The van der Waals surface area contributed by atoms with Gasteiger partial charge in [0.05, 0.1) is 6.10 Å². The van der Waals surface area contributed by atoms with Gasteiger partial charge in [-0.05, 0) is 29.9 Å². The molecule has 2 rings (SSSR count). The van der Waals surface area contributed by atoms with E-state index in [0.717, 1.165) is 18.4 Å². The summed E-state index contributed by atoms with van der Waals surface area (Å²) >= 11 is 0. The summed E-state index contributed by atoms with van der Waals surface area (Å²) in [4.78, 5) is 0. The summed E-state index contributed by atoms with van der Waals surface area (Å²) in [7, 11) is 0. The third-order valence-electron chi connectivity index (χ3n) is 2.78. The molecule has 0 aromatic heterocycles. The topological polar surface area (TPSA) is 20.2 Å². The van der Waals surface area contributed by atoms with E-state index >= 15 is 0 Å². The molecule has 0 aliphatic heterocycles. The van der Waals surface area contributed by atoms with E-state index in [2.05, 4.69) is 13.0 Å². The van der Waals surface area contributed by atoms with E-state index < -0.39 is 0 Å². The van der Waals surface area contributed by atoms with Gasteiger partial charge in [0.25, 0.3) is 0 Å². The molecule has 64 valence electrons. The van der Waals surface area contributed by atoms with Crippen LogP contribution in [-0.4, -0.2) is 5.11 Å². The summed E-state index contributed by atoms with van der Waals surface area (Å²) in [5.74, 6) is 0.417. The monoisotopic (exact) mass is 162 g/mol. The number of hydrogen-bond acceptors (Lipinski definition) is 1. The van der Waals surface area contributed by atoms with E-state index in [1.54, 1.807) is 0 Å². The van der Waals surface area contributed by atoms with Gasteiger partial charge in [-0.25, -0.2) is 0 Å². The summed E-state index contributed by atoms with van der Waals surface area (Å²) < 4.78 is 0. The van der Waals surface area contributed by atoms with Gasteiger partial charge in [-0.1, -0.05) is 31.2 Å². The lowest BCUT2D eigenvalue weighted by Gasteiger charge is -2.27. The van der Waals surface area contributed by atoms with Crippen LogP contribution in [-0.2, 0) is 6.42 Å². The number of hydrogen-bond donors (Lipinski definition) is 1. The first kappa shape index (κ1) is 7.81. The summed E-state index contributed by atoms with van der Waals surface area (Å²) in [5, 5.41) is 9.83. The number of rotatable bonds is 0. The third-order valence-corrected chi connectivity index (χ3v) is 2.78. The predicted octanol–water partition coefficient (Wildman–Crippen LogP) is 2.30. The quantitative estimate of drug-likeness (QED) is 0.620. The van der Waals surface area contributed by atoms with Crippen molar-refractivity contribution in [3.63, 3.8) is 0 Å². The zero-order valence-corrected chi connectivity index (χ0v) is 7.33. The molecule has 1 heteroatoms. The van der Waals surface area contributed by atoms with Crippen LogP contribution in [0.2, 0.25) is 0 Å². The van der Waals surface area contributed by atoms with Crippen molar-refractivity contribution >= 4 is 0 Å². The van der Waals surface area contributed by atoms with E-state index in [9.17, 15) is 5.11 Å². The maximum absolute atomic E-state index is 9.83. The molecule has 0 amide bonds. The largest absolute Gasteiger partial charge is 0.388 e. The zero-order valence-electron chi connectivity index (χ0n) is 7.33. The SMILES string of the molecule is CC1CCc2ccccc2[C@H]1O. The molecular weight excluding hydrogens is 148 g/mol. The van der Waals surface area contributed by atoms with Crippen molar-refractivity contribution in [2.45, 2.75) is 25.9 Å². The molecule has 0 fully saturated rings. The van der Waals surface area contributed by atoms with Crippen LogP contribution in [0.3, 0.4) is 0 Å². The average Bonchev–Trinajstić information content (AvgIpc) is 2.12. The lowest BCUT2D eigenvalue weighted by atomic mass is 9.83. The molecule has 0 spiro atoms. The molecule has 0 saturated heterocycles. The predicted molar refractivity (Wildman–Crippen MR) is 48.9 cm³/mol. The van der Waals surface area contributed by atoms with Crippen molar-refractivity contribution in [3.8, 4) is 0 Å². The number of fused-ring (bicyclic) bond motifs is 1. The molecule has 0 radical (unpaired) electrons. The second kappa shape index (κ2) is 2.91. The minimum absolute atomic E-state index is 0.241. The maximum atomic E-state index is 9.83. The first-order chi connectivity index (χ1) is 5.79. The number of aliphatic hydroxyl groups is 1. The molecule has 1 aromatic carbocycles. The molecular formula is C11H14O. The van der Waals surface area contributed by atoms with Crippen LogP contribution in [0, 0.1) is 5.92 Å². The molecule has 0 saturated carbocycles. The Morgan fingerprint density at radius 3 is 2.92 bits per heavy atom. The smallest absolute Gasteiger partial charge is 0.0818 e. The summed E-state index contributed by atoms with van der Waals surface area (Å²) in [6, 6.07) is 8.20. The Balaban J connectivity index is 2.42. The highest BCUT2D eigenvalue weighted by Crippen LogP contribution is 2.33. The van der Waals surface area contributed by atoms with Gasteiger partial charge in [0, 0.05) is 0 Å². The standard InChI is InChI=1S/C11H14O/c1-8-6-7-9-4-2-3-5-10(9)11(8)12/h2-5,8,11-12H,6-7H2,1H3/t8?,11-/m0/s1. The molecule has 1 aromatic rings. The molecule has 2 atom stereocenters. The van der Waals surface area contributed by atoms with Crippen molar-refractivity contribution in [3.05, 3.63) is 35.4 Å². The third kappa shape index (κ3) is 1.14. The Morgan fingerprint density at radius 2 is 2.08 bits per heavy atom. The summed E-state index contributed by atoms with van der Waals surface area (Å²) in [6.45, 7) is 2.11. The Labute approximate surface area is 73.0 Å². The van der Waals surface area contributed by atoms with Gasteiger partial charge in [0.1, 0.15) is 0 Å². The van der Waals surface area contributed by atoms with Crippen molar-refractivity contribution in [1.82, 2.24) is 0 Å². The molecule has 1 aliphatic rings. The second-order valence-electron chi connectivity index (χ2n) is 3.66. The highest BCUT2D eigenvalue weighted by Gasteiger charge is 2.23. The first-order valence-electron chi connectivity index (χ1n) is 4.55. The zero-order chi connectivity index (χ0) is 8.55. The molecule has 1 unspecified atom stereocenters. The van der Waals surface area contributed by atoms with Gasteiger partial charge in [-0.15, -0.1) is 0 Å². The molecule has 1 nitrogen and oxygen atoms in total. The van der Waals surface area contributed by atoms with Crippen molar-refractivity contribution < 1.29 is 5.11 Å². The van der Waals surface area contributed by atoms with Crippen LogP contribution >= 0.6 is 0 Å². The number of aryl methyl sites for hydroxylation is 1. The second-order valence-corrected chi connectivity index (χ2v) is 3.66. The minimum Gasteiger partial charge on any atom is -0.388 e. The van der Waals surface area contributed by atoms with Gasteiger partial charge < -0.3 is 5.11 Å². The van der Waals surface area contributed by atoms with Gasteiger partial charge in [-0.3, -0.25) is 0 Å². The highest BCUT2D eigenvalue weighted by molar-refractivity contribution is 5.31. The highest BCUT2D eigenvalue weighted by atomic mass is 16.3. The van der Waals surface area contributed by atoms with E-state index in [1.165, 1.54) is 5.56 Å². The van der Waals surface area contributed by atoms with Crippen LogP contribution < -0.4 is 0 Å². The summed E-state index contributed by atoms with van der Waals surface area (Å²) in [5.41, 5.74) is 2.46.